The van der Waals surface area contributed by atoms with Gasteiger partial charge in [-0.1, -0.05) is 36.2 Å². The highest BCUT2D eigenvalue weighted by molar-refractivity contribution is 5.71. The minimum atomic E-state index is -0.184. The summed E-state index contributed by atoms with van der Waals surface area (Å²) in [5.41, 5.74) is 3.76. The van der Waals surface area contributed by atoms with Gasteiger partial charge in [0.15, 0.2) is 0 Å². The molecule has 3 heteroatoms. The lowest BCUT2D eigenvalue weighted by molar-refractivity contribution is -0.142. The highest BCUT2D eigenvalue weighted by atomic mass is 16.5. The van der Waals surface area contributed by atoms with Crippen molar-refractivity contribution in [3.63, 3.8) is 0 Å². The summed E-state index contributed by atoms with van der Waals surface area (Å²) in [4.78, 5) is 13.3. The number of hydrogen-bond donors (Lipinski definition) is 0. The van der Waals surface area contributed by atoms with Crippen LogP contribution in [0.1, 0.15) is 23.6 Å². The molecule has 0 unspecified atom stereocenters. The van der Waals surface area contributed by atoms with Gasteiger partial charge in [-0.25, -0.2) is 0 Å². The van der Waals surface area contributed by atoms with Gasteiger partial charge in [-0.2, -0.15) is 0 Å². The number of benzene rings is 1. The third-order valence-corrected chi connectivity index (χ3v) is 2.72. The molecule has 0 atom stereocenters. The van der Waals surface area contributed by atoms with E-state index < -0.39 is 0 Å². The number of rotatable bonds is 5. The van der Waals surface area contributed by atoms with E-state index in [0.717, 1.165) is 13.1 Å². The van der Waals surface area contributed by atoms with Gasteiger partial charge in [0.1, 0.15) is 0 Å². The van der Waals surface area contributed by atoms with Gasteiger partial charge in [-0.3, -0.25) is 9.69 Å². The van der Waals surface area contributed by atoms with Gasteiger partial charge in [0.25, 0.3) is 0 Å². The smallest absolute Gasteiger partial charge is 0.319 e. The molecule has 1 aromatic rings. The highest BCUT2D eigenvalue weighted by Gasteiger charge is 2.09. The van der Waals surface area contributed by atoms with Crippen molar-refractivity contribution in [1.82, 2.24) is 4.90 Å². The number of ether oxygens (including phenoxy) is 1. The minimum Gasteiger partial charge on any atom is -0.468 e. The third kappa shape index (κ3) is 4.57. The highest BCUT2D eigenvalue weighted by Crippen LogP contribution is 2.11. The molecule has 0 N–H and O–H groups in total. The standard InChI is InChI=1S/C14H21NO2/c1-5-15(10-14(16)17-4)9-13-7-11(2)6-12(3)8-13/h6-8H,5,9-10H2,1-4H3. The molecule has 0 spiro atoms. The van der Waals surface area contributed by atoms with Crippen LogP contribution in [0.5, 0.6) is 0 Å². The van der Waals surface area contributed by atoms with E-state index in [1.165, 1.54) is 23.8 Å². The Morgan fingerprint density at radius 3 is 2.29 bits per heavy atom. The Bertz CT molecular complexity index is 368. The number of aryl methyl sites for hydroxylation is 2. The molecule has 0 aromatic heterocycles. The molecule has 0 radical (unpaired) electrons. The van der Waals surface area contributed by atoms with Crippen molar-refractivity contribution in [3.8, 4) is 0 Å². The maximum absolute atomic E-state index is 11.2. The first-order valence-corrected chi connectivity index (χ1v) is 5.91. The van der Waals surface area contributed by atoms with Crippen LogP contribution < -0.4 is 0 Å². The van der Waals surface area contributed by atoms with Gasteiger partial charge in [-0.15, -0.1) is 0 Å². The summed E-state index contributed by atoms with van der Waals surface area (Å²) < 4.78 is 4.69. The summed E-state index contributed by atoms with van der Waals surface area (Å²) in [6.45, 7) is 8.20. The van der Waals surface area contributed by atoms with Crippen molar-refractivity contribution in [1.29, 1.82) is 0 Å². The van der Waals surface area contributed by atoms with Gasteiger partial charge in [0, 0.05) is 6.54 Å². The van der Waals surface area contributed by atoms with Crippen LogP contribution in [0.15, 0.2) is 18.2 Å². The Kier molecular flexibility index (Phi) is 5.16. The number of carbonyl (C=O) groups is 1. The molecule has 1 aromatic carbocycles. The number of esters is 1. The monoisotopic (exact) mass is 235 g/mol. The second-order valence-corrected chi connectivity index (χ2v) is 4.38. The maximum atomic E-state index is 11.2. The Morgan fingerprint density at radius 1 is 1.24 bits per heavy atom. The normalized spacial score (nSPS) is 10.6. The van der Waals surface area contributed by atoms with E-state index in [9.17, 15) is 4.79 Å². The predicted molar refractivity (Wildman–Crippen MR) is 68.9 cm³/mol. The molecular weight excluding hydrogens is 214 g/mol. The van der Waals surface area contributed by atoms with E-state index >= 15 is 0 Å². The number of methoxy groups -OCH3 is 1. The first kappa shape index (κ1) is 13.7. The van der Waals surface area contributed by atoms with Crippen molar-refractivity contribution in [3.05, 3.63) is 34.9 Å². The number of likely N-dealkylation sites (N-methyl/N-ethyl adjacent to an activating group) is 1. The van der Waals surface area contributed by atoms with Crippen LogP contribution in [0.25, 0.3) is 0 Å². The van der Waals surface area contributed by atoms with Gasteiger partial charge in [0.05, 0.1) is 13.7 Å². The van der Waals surface area contributed by atoms with Crippen LogP contribution in [-0.2, 0) is 16.1 Å². The lowest BCUT2D eigenvalue weighted by Gasteiger charge is -2.19. The topological polar surface area (TPSA) is 29.5 Å². The molecule has 0 aliphatic heterocycles. The average Bonchev–Trinajstić information content (AvgIpc) is 2.26. The molecule has 0 amide bonds. The fraction of sp³-hybridized carbons (Fsp3) is 0.500. The average molecular weight is 235 g/mol. The molecule has 0 aliphatic carbocycles. The number of nitrogens with zero attached hydrogens (tertiary/aromatic N) is 1. The van der Waals surface area contributed by atoms with Crippen LogP contribution in [0, 0.1) is 13.8 Å². The molecule has 0 saturated carbocycles. The van der Waals surface area contributed by atoms with Crippen LogP contribution in [0.3, 0.4) is 0 Å². The van der Waals surface area contributed by atoms with Crippen LogP contribution in [0.4, 0.5) is 0 Å². The number of hydrogen-bond acceptors (Lipinski definition) is 3. The summed E-state index contributed by atoms with van der Waals surface area (Å²) in [5, 5.41) is 0. The van der Waals surface area contributed by atoms with Gasteiger partial charge in [0.2, 0.25) is 0 Å². The zero-order valence-corrected chi connectivity index (χ0v) is 11.1. The first-order chi connectivity index (χ1) is 8.05. The molecule has 17 heavy (non-hydrogen) atoms. The van der Waals surface area contributed by atoms with Crippen molar-refractivity contribution >= 4 is 5.97 Å². The van der Waals surface area contributed by atoms with E-state index in [2.05, 4.69) is 41.7 Å². The molecular formula is C14H21NO2. The molecule has 0 aliphatic rings. The SMILES string of the molecule is CCN(CC(=O)OC)Cc1cc(C)cc(C)c1. The van der Waals surface area contributed by atoms with E-state index in [1.54, 1.807) is 0 Å². The first-order valence-electron chi connectivity index (χ1n) is 5.91. The Balaban J connectivity index is 2.70. The predicted octanol–water partition coefficient (Wildman–Crippen LogP) is 2.30. The van der Waals surface area contributed by atoms with E-state index in [4.69, 9.17) is 0 Å². The van der Waals surface area contributed by atoms with Crippen LogP contribution >= 0.6 is 0 Å². The molecule has 1 rings (SSSR count). The van der Waals surface area contributed by atoms with E-state index in [0.29, 0.717) is 6.54 Å². The molecule has 0 saturated heterocycles. The Labute approximate surface area is 103 Å². The third-order valence-electron chi connectivity index (χ3n) is 2.72. The lowest BCUT2D eigenvalue weighted by Crippen LogP contribution is -2.30. The van der Waals surface area contributed by atoms with Gasteiger partial charge in [-0.05, 0) is 26.0 Å². The fourth-order valence-corrected chi connectivity index (χ4v) is 1.95. The second-order valence-electron chi connectivity index (χ2n) is 4.38. The van der Waals surface area contributed by atoms with Crippen molar-refractivity contribution in [2.75, 3.05) is 20.2 Å². The van der Waals surface area contributed by atoms with Gasteiger partial charge < -0.3 is 4.74 Å². The van der Waals surface area contributed by atoms with Crippen molar-refractivity contribution < 1.29 is 9.53 Å². The lowest BCUT2D eigenvalue weighted by atomic mass is 10.1. The fourth-order valence-electron chi connectivity index (χ4n) is 1.95. The van der Waals surface area contributed by atoms with E-state index in [1.807, 2.05) is 6.92 Å². The molecule has 3 nitrogen and oxygen atoms in total. The summed E-state index contributed by atoms with van der Waals surface area (Å²) in [5.74, 6) is -0.184. The zero-order chi connectivity index (χ0) is 12.8. The Hall–Kier alpha value is -1.35. The quantitative estimate of drug-likeness (QED) is 0.733. The van der Waals surface area contributed by atoms with Crippen LogP contribution in [-0.4, -0.2) is 31.1 Å². The number of carbonyl (C=O) groups excluding carboxylic acids is 1. The molecule has 0 heterocycles. The molecule has 0 fully saturated rings. The zero-order valence-electron chi connectivity index (χ0n) is 11.1. The summed E-state index contributed by atoms with van der Waals surface area (Å²) in [6, 6.07) is 6.47. The minimum absolute atomic E-state index is 0.184. The van der Waals surface area contributed by atoms with Crippen molar-refractivity contribution in [2.24, 2.45) is 0 Å². The molecule has 94 valence electrons. The van der Waals surface area contributed by atoms with Crippen molar-refractivity contribution in [2.45, 2.75) is 27.3 Å². The van der Waals surface area contributed by atoms with E-state index in [-0.39, 0.29) is 5.97 Å². The molecule has 0 bridgehead atoms. The van der Waals surface area contributed by atoms with Crippen LogP contribution in [0.2, 0.25) is 0 Å². The summed E-state index contributed by atoms with van der Waals surface area (Å²) in [6.07, 6.45) is 0. The summed E-state index contributed by atoms with van der Waals surface area (Å²) in [7, 11) is 1.42. The second kappa shape index (κ2) is 6.40. The van der Waals surface area contributed by atoms with Gasteiger partial charge >= 0.3 is 5.97 Å². The Morgan fingerprint density at radius 2 is 1.82 bits per heavy atom. The maximum Gasteiger partial charge on any atom is 0.319 e. The largest absolute Gasteiger partial charge is 0.468 e. The summed E-state index contributed by atoms with van der Waals surface area (Å²) >= 11 is 0.